The van der Waals surface area contributed by atoms with E-state index in [4.69, 9.17) is 4.74 Å². The largest absolute Gasteiger partial charge is 0.497 e. The molecule has 0 unspecified atom stereocenters. The second-order valence-electron chi connectivity index (χ2n) is 7.44. The topological polar surface area (TPSA) is 49.9 Å². The number of methoxy groups -OCH3 is 1. The molecular weight excluding hydrogens is 316 g/mol. The highest BCUT2D eigenvalue weighted by Gasteiger charge is 2.49. The van der Waals surface area contributed by atoms with Gasteiger partial charge in [-0.3, -0.25) is 9.59 Å². The fourth-order valence-electron chi connectivity index (χ4n) is 4.39. The van der Waals surface area contributed by atoms with Gasteiger partial charge in [-0.25, -0.2) is 0 Å². The smallest absolute Gasteiger partial charge is 0.225 e. The van der Waals surface area contributed by atoms with Crippen molar-refractivity contribution in [1.82, 2.24) is 9.80 Å². The molecule has 2 saturated heterocycles. The molecule has 0 spiro atoms. The highest BCUT2D eigenvalue weighted by atomic mass is 16.5. The summed E-state index contributed by atoms with van der Waals surface area (Å²) in [5, 5.41) is 0. The van der Waals surface area contributed by atoms with Crippen LogP contribution in [0.1, 0.15) is 45.1 Å². The molecule has 5 heteroatoms. The predicted molar refractivity (Wildman–Crippen MR) is 96.5 cm³/mol. The molecule has 136 valence electrons. The number of carbonyl (C=O) groups is 2. The van der Waals surface area contributed by atoms with Gasteiger partial charge in [-0.1, -0.05) is 26.0 Å². The highest BCUT2D eigenvalue weighted by molar-refractivity contribution is 5.80. The lowest BCUT2D eigenvalue weighted by Crippen LogP contribution is -2.53. The van der Waals surface area contributed by atoms with Gasteiger partial charge in [-0.05, 0) is 30.5 Å². The van der Waals surface area contributed by atoms with Crippen molar-refractivity contribution in [3.63, 3.8) is 0 Å². The molecule has 3 rings (SSSR count). The zero-order valence-corrected chi connectivity index (χ0v) is 15.6. The van der Waals surface area contributed by atoms with Crippen LogP contribution in [0.4, 0.5) is 0 Å². The normalized spacial score (nSPS) is 25.9. The third-order valence-electron chi connectivity index (χ3n) is 5.58. The van der Waals surface area contributed by atoms with Gasteiger partial charge in [0, 0.05) is 31.8 Å². The predicted octanol–water partition coefficient (Wildman–Crippen LogP) is 2.66. The summed E-state index contributed by atoms with van der Waals surface area (Å²) in [5.74, 6) is 1.25. The van der Waals surface area contributed by atoms with Crippen LogP contribution >= 0.6 is 0 Å². The van der Waals surface area contributed by atoms with Gasteiger partial charge in [-0.2, -0.15) is 0 Å². The molecule has 1 aromatic rings. The number of piperidine rings is 1. The summed E-state index contributed by atoms with van der Waals surface area (Å²) in [6, 6.07) is 8.24. The van der Waals surface area contributed by atoms with Crippen LogP contribution in [0.25, 0.3) is 0 Å². The van der Waals surface area contributed by atoms with Crippen molar-refractivity contribution in [2.24, 2.45) is 5.92 Å². The number of fused-ring (bicyclic) bond motifs is 1. The van der Waals surface area contributed by atoms with Gasteiger partial charge in [0.05, 0.1) is 19.2 Å². The lowest BCUT2D eigenvalue weighted by Gasteiger charge is -2.41. The van der Waals surface area contributed by atoms with E-state index in [0.717, 1.165) is 25.1 Å². The van der Waals surface area contributed by atoms with Crippen molar-refractivity contribution >= 4 is 11.8 Å². The number of carbonyl (C=O) groups excluding carboxylic acids is 2. The van der Waals surface area contributed by atoms with Crippen LogP contribution in [0.2, 0.25) is 0 Å². The van der Waals surface area contributed by atoms with E-state index in [0.29, 0.717) is 6.54 Å². The monoisotopic (exact) mass is 344 g/mol. The van der Waals surface area contributed by atoms with Crippen LogP contribution in [-0.2, 0) is 9.59 Å². The van der Waals surface area contributed by atoms with Crippen molar-refractivity contribution < 1.29 is 14.3 Å². The Kier molecular flexibility index (Phi) is 5.02. The Bertz CT molecular complexity index is 641. The van der Waals surface area contributed by atoms with E-state index in [1.54, 1.807) is 14.0 Å². The lowest BCUT2D eigenvalue weighted by molar-refractivity contribution is -0.140. The third kappa shape index (κ3) is 3.24. The van der Waals surface area contributed by atoms with Crippen molar-refractivity contribution in [3.05, 3.63) is 29.8 Å². The van der Waals surface area contributed by atoms with Gasteiger partial charge in [-0.15, -0.1) is 0 Å². The summed E-state index contributed by atoms with van der Waals surface area (Å²) in [4.78, 5) is 29.0. The van der Waals surface area contributed by atoms with Gasteiger partial charge in [0.1, 0.15) is 5.75 Å². The summed E-state index contributed by atoms with van der Waals surface area (Å²) < 4.78 is 5.26. The highest BCUT2D eigenvalue weighted by Crippen LogP contribution is 2.41. The van der Waals surface area contributed by atoms with Crippen molar-refractivity contribution in [3.8, 4) is 5.75 Å². The Morgan fingerprint density at radius 3 is 2.40 bits per heavy atom. The molecule has 0 radical (unpaired) electrons. The molecule has 0 aromatic heterocycles. The molecule has 5 nitrogen and oxygen atoms in total. The van der Waals surface area contributed by atoms with Crippen molar-refractivity contribution in [1.29, 1.82) is 0 Å². The van der Waals surface area contributed by atoms with Crippen LogP contribution in [0.5, 0.6) is 5.75 Å². The van der Waals surface area contributed by atoms with Crippen LogP contribution in [0.3, 0.4) is 0 Å². The molecule has 25 heavy (non-hydrogen) atoms. The van der Waals surface area contributed by atoms with E-state index in [2.05, 4.69) is 12.1 Å². The summed E-state index contributed by atoms with van der Waals surface area (Å²) in [5.41, 5.74) is 1.17. The van der Waals surface area contributed by atoms with Crippen molar-refractivity contribution in [2.75, 3.05) is 20.2 Å². The average molecular weight is 344 g/mol. The first-order valence-corrected chi connectivity index (χ1v) is 9.15. The average Bonchev–Trinajstić information content (AvgIpc) is 3.00. The number of nitrogens with zero attached hydrogens (tertiary/aromatic N) is 2. The zero-order valence-electron chi connectivity index (χ0n) is 15.6. The first kappa shape index (κ1) is 17.8. The Morgan fingerprint density at radius 1 is 1.16 bits per heavy atom. The molecule has 2 amide bonds. The Morgan fingerprint density at radius 2 is 1.84 bits per heavy atom. The summed E-state index contributed by atoms with van der Waals surface area (Å²) in [6.07, 6.45) is 1.93. The maximum Gasteiger partial charge on any atom is 0.225 e. The lowest BCUT2D eigenvalue weighted by atomic mass is 9.86. The minimum Gasteiger partial charge on any atom is -0.497 e. The van der Waals surface area contributed by atoms with E-state index < -0.39 is 0 Å². The van der Waals surface area contributed by atoms with Crippen LogP contribution < -0.4 is 4.74 Å². The molecule has 0 N–H and O–H groups in total. The van der Waals surface area contributed by atoms with Gasteiger partial charge >= 0.3 is 0 Å². The third-order valence-corrected chi connectivity index (χ3v) is 5.58. The number of rotatable bonds is 3. The zero-order chi connectivity index (χ0) is 18.1. The van der Waals surface area contributed by atoms with E-state index in [1.807, 2.05) is 35.8 Å². The quantitative estimate of drug-likeness (QED) is 0.847. The Balaban J connectivity index is 1.96. The maximum atomic E-state index is 12.8. The molecule has 1 aromatic carbocycles. The minimum absolute atomic E-state index is 0.0250. The van der Waals surface area contributed by atoms with Gasteiger partial charge < -0.3 is 14.5 Å². The second-order valence-corrected chi connectivity index (χ2v) is 7.44. The molecule has 0 saturated carbocycles. The van der Waals surface area contributed by atoms with E-state index in [9.17, 15) is 9.59 Å². The maximum absolute atomic E-state index is 12.8. The summed E-state index contributed by atoms with van der Waals surface area (Å²) in [6.45, 7) is 7.00. The Labute approximate surface area is 149 Å². The van der Waals surface area contributed by atoms with E-state index in [-0.39, 0.29) is 35.7 Å². The molecule has 2 fully saturated rings. The molecule has 2 aliphatic rings. The van der Waals surface area contributed by atoms with Gasteiger partial charge in [0.2, 0.25) is 11.8 Å². The van der Waals surface area contributed by atoms with Gasteiger partial charge in [0.15, 0.2) is 0 Å². The molecular formula is C20H28N2O3. The number of benzene rings is 1. The van der Waals surface area contributed by atoms with E-state index in [1.165, 1.54) is 5.56 Å². The van der Waals surface area contributed by atoms with E-state index >= 15 is 0 Å². The molecule has 0 bridgehead atoms. The first-order valence-electron chi connectivity index (χ1n) is 9.15. The fourth-order valence-corrected chi connectivity index (χ4v) is 4.39. The molecule has 3 atom stereocenters. The number of hydrogen-bond donors (Lipinski definition) is 0. The Hall–Kier alpha value is -2.04. The standard InChI is InChI=1S/C20H28N2O3/c1-13(2)20(24)22-12-17(15-7-9-16(25-4)10-8-15)19-18(22)6-5-11-21(19)14(3)23/h7-10,13,17-19H,5-6,11-12H2,1-4H3/t17-,18-,19-/m1/s1. The second kappa shape index (κ2) is 7.06. The molecule has 2 heterocycles. The first-order chi connectivity index (χ1) is 11.9. The number of likely N-dealkylation sites (tertiary alicyclic amines) is 2. The number of hydrogen-bond acceptors (Lipinski definition) is 3. The summed E-state index contributed by atoms with van der Waals surface area (Å²) in [7, 11) is 1.66. The van der Waals surface area contributed by atoms with Crippen molar-refractivity contribution in [2.45, 2.75) is 51.6 Å². The van der Waals surface area contributed by atoms with Gasteiger partial charge in [0.25, 0.3) is 0 Å². The van der Waals surface area contributed by atoms with Crippen LogP contribution in [-0.4, -0.2) is 53.9 Å². The number of amides is 2. The SMILES string of the molecule is COc1ccc([C@H]2CN(C(=O)C(C)C)[C@@H]3CCCN(C(C)=O)[C@H]23)cc1. The summed E-state index contributed by atoms with van der Waals surface area (Å²) >= 11 is 0. The van der Waals surface area contributed by atoms with Crippen LogP contribution in [0.15, 0.2) is 24.3 Å². The molecule has 2 aliphatic heterocycles. The molecule has 0 aliphatic carbocycles. The minimum atomic E-state index is -0.0250. The van der Waals surface area contributed by atoms with Crippen LogP contribution in [0, 0.1) is 5.92 Å². The fraction of sp³-hybridized carbons (Fsp3) is 0.600. The number of ether oxygens (including phenoxy) is 1.